The molecule has 1 aliphatic heterocycles. The van der Waals surface area contributed by atoms with E-state index in [4.69, 9.17) is 21.1 Å². The zero-order valence-corrected chi connectivity index (χ0v) is 16.9. The highest BCUT2D eigenvalue weighted by Crippen LogP contribution is 2.38. The molecule has 3 heterocycles. The fraction of sp³-hybridized carbons (Fsp3) is 0.350. The smallest absolute Gasteiger partial charge is 0.191 e. The number of hydrogen-bond acceptors (Lipinski definition) is 5. The minimum Gasteiger partial charge on any atom is -0.486 e. The maximum Gasteiger partial charge on any atom is 0.191 e. The summed E-state index contributed by atoms with van der Waals surface area (Å²) in [5.41, 5.74) is 1.89. The number of aliphatic imine (C=N–C) groups is 1. The van der Waals surface area contributed by atoms with Gasteiger partial charge in [0.15, 0.2) is 28.9 Å². The number of halogens is 1. The normalized spacial score (nSPS) is 13.5. The van der Waals surface area contributed by atoms with Crippen molar-refractivity contribution in [2.75, 3.05) is 26.3 Å². The number of nitrogens with one attached hydrogen (secondary N) is 2. The van der Waals surface area contributed by atoms with Crippen LogP contribution in [0.1, 0.15) is 18.3 Å². The average molecular weight is 415 g/mol. The number of ether oxygens (including phenoxy) is 2. The first-order valence-electron chi connectivity index (χ1n) is 9.63. The van der Waals surface area contributed by atoms with Crippen molar-refractivity contribution in [2.24, 2.45) is 4.99 Å². The largest absolute Gasteiger partial charge is 0.486 e. The second-order valence-electron chi connectivity index (χ2n) is 6.52. The van der Waals surface area contributed by atoms with Crippen molar-refractivity contribution in [1.29, 1.82) is 0 Å². The predicted molar refractivity (Wildman–Crippen MR) is 112 cm³/mol. The Hall–Kier alpha value is -3.00. The lowest BCUT2D eigenvalue weighted by atomic mass is 10.1. The zero-order chi connectivity index (χ0) is 20.1. The highest BCUT2D eigenvalue weighted by Gasteiger charge is 2.16. The predicted octanol–water partition coefficient (Wildman–Crippen LogP) is 2.45. The molecule has 0 saturated heterocycles. The van der Waals surface area contributed by atoms with Crippen LogP contribution in [0.2, 0.25) is 5.02 Å². The standard InChI is InChI=1S/C20H23ClN6O2/c1-2-22-20(24-13-18-26-25-17-5-3-4-8-27(17)18)23-7-6-14-11-15(21)19-16(12-14)28-9-10-29-19/h3-5,8,11-12H,2,6-7,9-10,13H2,1H3,(H2,22,23,24). The van der Waals surface area contributed by atoms with Crippen LogP contribution in [0.5, 0.6) is 11.5 Å². The molecule has 9 heteroatoms. The molecule has 0 unspecified atom stereocenters. The van der Waals surface area contributed by atoms with E-state index in [0.29, 0.717) is 42.8 Å². The van der Waals surface area contributed by atoms with Gasteiger partial charge in [-0.2, -0.15) is 0 Å². The van der Waals surface area contributed by atoms with Crippen molar-refractivity contribution >= 4 is 23.2 Å². The molecule has 0 fully saturated rings. The van der Waals surface area contributed by atoms with E-state index in [1.54, 1.807) is 0 Å². The highest BCUT2D eigenvalue weighted by molar-refractivity contribution is 6.32. The van der Waals surface area contributed by atoms with Gasteiger partial charge < -0.3 is 20.1 Å². The molecular formula is C20H23ClN6O2. The van der Waals surface area contributed by atoms with Gasteiger partial charge in [-0.3, -0.25) is 4.40 Å². The number of guanidine groups is 1. The number of hydrogen-bond donors (Lipinski definition) is 2. The average Bonchev–Trinajstić information content (AvgIpc) is 3.15. The Kier molecular flexibility index (Phi) is 6.00. The Morgan fingerprint density at radius 3 is 3.00 bits per heavy atom. The minimum absolute atomic E-state index is 0.427. The summed E-state index contributed by atoms with van der Waals surface area (Å²) in [5, 5.41) is 15.5. The molecule has 0 aliphatic carbocycles. The van der Waals surface area contributed by atoms with Crippen molar-refractivity contribution in [1.82, 2.24) is 25.2 Å². The van der Waals surface area contributed by atoms with Crippen molar-refractivity contribution in [3.8, 4) is 11.5 Å². The second kappa shape index (κ2) is 9.00. The first-order valence-corrected chi connectivity index (χ1v) is 10.0. The summed E-state index contributed by atoms with van der Waals surface area (Å²) in [6.45, 7) is 4.99. The highest BCUT2D eigenvalue weighted by atomic mass is 35.5. The molecule has 2 aromatic heterocycles. The summed E-state index contributed by atoms with van der Waals surface area (Å²) in [6.07, 6.45) is 2.71. The fourth-order valence-corrected chi connectivity index (χ4v) is 3.41. The number of aromatic nitrogens is 3. The summed E-state index contributed by atoms with van der Waals surface area (Å²) in [5.74, 6) is 2.85. The van der Waals surface area contributed by atoms with Crippen LogP contribution in [-0.4, -0.2) is 46.9 Å². The molecule has 4 rings (SSSR count). The first-order chi connectivity index (χ1) is 14.2. The molecule has 0 radical (unpaired) electrons. The molecule has 1 aliphatic rings. The maximum absolute atomic E-state index is 6.32. The van der Waals surface area contributed by atoms with E-state index in [2.05, 4.69) is 25.8 Å². The van der Waals surface area contributed by atoms with Crippen LogP contribution in [0.3, 0.4) is 0 Å². The number of pyridine rings is 1. The van der Waals surface area contributed by atoms with Crippen molar-refractivity contribution in [3.05, 3.63) is 52.9 Å². The van der Waals surface area contributed by atoms with Crippen LogP contribution in [0.25, 0.3) is 5.65 Å². The third-order valence-electron chi connectivity index (χ3n) is 4.47. The summed E-state index contributed by atoms with van der Waals surface area (Å²) >= 11 is 6.32. The summed E-state index contributed by atoms with van der Waals surface area (Å²) in [6, 6.07) is 9.71. The van der Waals surface area contributed by atoms with E-state index >= 15 is 0 Å². The van der Waals surface area contributed by atoms with Crippen molar-refractivity contribution in [3.63, 3.8) is 0 Å². The monoisotopic (exact) mass is 414 g/mol. The van der Waals surface area contributed by atoms with Gasteiger partial charge in [-0.25, -0.2) is 4.99 Å². The second-order valence-corrected chi connectivity index (χ2v) is 6.93. The zero-order valence-electron chi connectivity index (χ0n) is 16.2. The van der Waals surface area contributed by atoms with Gasteiger partial charge in [0.1, 0.15) is 19.8 Å². The summed E-state index contributed by atoms with van der Waals surface area (Å²) < 4.78 is 13.1. The van der Waals surface area contributed by atoms with Gasteiger partial charge in [0.2, 0.25) is 0 Å². The van der Waals surface area contributed by atoms with E-state index in [1.165, 1.54) is 0 Å². The molecule has 0 amide bonds. The number of benzene rings is 1. The molecule has 0 spiro atoms. The molecule has 1 aromatic carbocycles. The van der Waals surface area contributed by atoms with Gasteiger partial charge >= 0.3 is 0 Å². The Bertz CT molecular complexity index is 1020. The van der Waals surface area contributed by atoms with Gasteiger partial charge in [-0.15, -0.1) is 10.2 Å². The van der Waals surface area contributed by atoms with E-state index in [-0.39, 0.29) is 0 Å². The number of fused-ring (bicyclic) bond motifs is 2. The van der Waals surface area contributed by atoms with Crippen LogP contribution >= 0.6 is 11.6 Å². The van der Waals surface area contributed by atoms with Crippen LogP contribution in [0, 0.1) is 0 Å². The quantitative estimate of drug-likeness (QED) is 0.476. The van der Waals surface area contributed by atoms with Crippen molar-refractivity contribution in [2.45, 2.75) is 19.9 Å². The maximum atomic E-state index is 6.32. The molecule has 3 aromatic rings. The Morgan fingerprint density at radius 2 is 2.10 bits per heavy atom. The number of nitrogens with zero attached hydrogens (tertiary/aromatic N) is 4. The van der Waals surface area contributed by atoms with Crippen LogP contribution in [0.15, 0.2) is 41.5 Å². The lowest BCUT2D eigenvalue weighted by Gasteiger charge is -2.20. The van der Waals surface area contributed by atoms with Crippen molar-refractivity contribution < 1.29 is 9.47 Å². The minimum atomic E-state index is 0.427. The van der Waals surface area contributed by atoms with E-state index in [0.717, 1.165) is 36.0 Å². The van der Waals surface area contributed by atoms with Gasteiger partial charge in [0.25, 0.3) is 0 Å². The number of rotatable bonds is 6. The molecule has 8 nitrogen and oxygen atoms in total. The molecule has 0 atom stereocenters. The molecule has 0 bridgehead atoms. The molecule has 152 valence electrons. The van der Waals surface area contributed by atoms with Gasteiger partial charge in [0.05, 0.1) is 5.02 Å². The fourth-order valence-electron chi connectivity index (χ4n) is 3.12. The third kappa shape index (κ3) is 4.54. The lowest BCUT2D eigenvalue weighted by Crippen LogP contribution is -2.38. The SMILES string of the molecule is CCNC(=NCc1nnc2ccccn12)NCCc1cc(Cl)c2c(c1)OCCO2. The Morgan fingerprint density at radius 1 is 1.21 bits per heavy atom. The topological polar surface area (TPSA) is 85.1 Å². The first kappa shape index (κ1) is 19.3. The van der Waals surface area contributed by atoms with Crippen LogP contribution in [0.4, 0.5) is 0 Å². The van der Waals surface area contributed by atoms with Gasteiger partial charge in [-0.1, -0.05) is 17.7 Å². The summed E-state index contributed by atoms with van der Waals surface area (Å²) in [7, 11) is 0. The Labute approximate surface area is 173 Å². The van der Waals surface area contributed by atoms with Gasteiger partial charge in [-0.05, 0) is 43.2 Å². The van der Waals surface area contributed by atoms with E-state index in [1.807, 2.05) is 47.9 Å². The van der Waals surface area contributed by atoms with Crippen LogP contribution in [-0.2, 0) is 13.0 Å². The van der Waals surface area contributed by atoms with Gasteiger partial charge in [0, 0.05) is 19.3 Å². The molecular weight excluding hydrogens is 392 g/mol. The Balaban J connectivity index is 1.38. The third-order valence-corrected chi connectivity index (χ3v) is 4.75. The molecule has 29 heavy (non-hydrogen) atoms. The summed E-state index contributed by atoms with van der Waals surface area (Å²) in [4.78, 5) is 4.63. The molecule has 0 saturated carbocycles. The molecule has 2 N–H and O–H groups in total. The van der Waals surface area contributed by atoms with E-state index < -0.39 is 0 Å². The van der Waals surface area contributed by atoms with Crippen LogP contribution < -0.4 is 20.1 Å². The lowest BCUT2D eigenvalue weighted by molar-refractivity contribution is 0.171. The van der Waals surface area contributed by atoms with E-state index in [9.17, 15) is 0 Å².